The second kappa shape index (κ2) is 8.74. The molecule has 8 nitrogen and oxygen atoms in total. The van der Waals surface area contributed by atoms with E-state index in [0.717, 1.165) is 4.68 Å². The molecule has 160 valence electrons. The number of hydrogen-bond acceptors (Lipinski definition) is 4. The van der Waals surface area contributed by atoms with Crippen LogP contribution in [0.25, 0.3) is 0 Å². The number of nitrogens with zero attached hydrogens (tertiary/aromatic N) is 3. The highest BCUT2D eigenvalue weighted by Crippen LogP contribution is 2.22. The Bertz CT molecular complexity index is 955. The number of para-hydroxylation sites is 1. The fraction of sp³-hybridized carbons (Fsp3) is 0.333. The Morgan fingerprint density at radius 2 is 1.77 bits per heavy atom. The van der Waals surface area contributed by atoms with Crippen molar-refractivity contribution in [1.82, 2.24) is 20.0 Å². The van der Waals surface area contributed by atoms with Crippen LogP contribution >= 0.6 is 11.6 Å². The average Bonchev–Trinajstić information content (AvgIpc) is 3.20. The number of hydrogen-bond donors (Lipinski definition) is 2. The summed E-state index contributed by atoms with van der Waals surface area (Å²) in [7, 11) is 0. The molecule has 1 aliphatic rings. The van der Waals surface area contributed by atoms with Crippen molar-refractivity contribution < 1.29 is 27.6 Å². The molecular formula is C18H17ClF3N5O3. The highest BCUT2D eigenvalue weighted by molar-refractivity contribution is 6.33. The molecule has 0 radical (unpaired) electrons. The first-order chi connectivity index (χ1) is 14.1. The molecule has 1 aromatic carbocycles. The highest BCUT2D eigenvalue weighted by Gasteiger charge is 2.43. The van der Waals surface area contributed by atoms with E-state index in [1.165, 1.54) is 12.3 Å². The lowest BCUT2D eigenvalue weighted by atomic mass is 10.1. The van der Waals surface area contributed by atoms with Crippen LogP contribution in [-0.2, 0) is 4.79 Å². The van der Waals surface area contributed by atoms with Crippen molar-refractivity contribution in [1.29, 1.82) is 0 Å². The fourth-order valence-electron chi connectivity index (χ4n) is 2.95. The average molecular weight is 444 g/mol. The molecule has 3 amide bonds. The SMILES string of the molecule is O=C(Nc1ccccc1Cl)c1ccn(C(=O)NC2CCN(C(=O)C(F)(F)F)CC2)n1. The topological polar surface area (TPSA) is 96.3 Å². The first kappa shape index (κ1) is 21.6. The second-order valence-electron chi connectivity index (χ2n) is 6.59. The largest absolute Gasteiger partial charge is 0.471 e. The van der Waals surface area contributed by atoms with Crippen molar-refractivity contribution in [2.24, 2.45) is 0 Å². The standard InChI is InChI=1S/C18H17ClF3N5O3/c19-12-3-1-2-4-13(12)24-15(28)14-7-10-27(25-14)17(30)23-11-5-8-26(9-6-11)16(29)18(20,21)22/h1-4,7,10-11H,5-6,8-9H2,(H,23,30)(H,24,28). The van der Waals surface area contributed by atoms with Crippen LogP contribution in [-0.4, -0.2) is 57.8 Å². The van der Waals surface area contributed by atoms with E-state index in [2.05, 4.69) is 15.7 Å². The zero-order valence-electron chi connectivity index (χ0n) is 15.4. The van der Waals surface area contributed by atoms with Gasteiger partial charge in [0.05, 0.1) is 10.7 Å². The molecule has 0 spiro atoms. The molecule has 12 heteroatoms. The minimum Gasteiger partial charge on any atom is -0.335 e. The molecule has 0 bridgehead atoms. The van der Waals surface area contributed by atoms with Gasteiger partial charge in [-0.05, 0) is 31.0 Å². The lowest BCUT2D eigenvalue weighted by Gasteiger charge is -2.32. The van der Waals surface area contributed by atoms with Gasteiger partial charge in [-0.3, -0.25) is 9.59 Å². The highest BCUT2D eigenvalue weighted by atomic mass is 35.5. The van der Waals surface area contributed by atoms with E-state index in [9.17, 15) is 27.6 Å². The van der Waals surface area contributed by atoms with Gasteiger partial charge in [0.1, 0.15) is 0 Å². The number of amides is 3. The van der Waals surface area contributed by atoms with Crippen LogP contribution in [0.3, 0.4) is 0 Å². The van der Waals surface area contributed by atoms with Gasteiger partial charge >= 0.3 is 18.1 Å². The zero-order valence-corrected chi connectivity index (χ0v) is 16.2. The third kappa shape index (κ3) is 5.09. The van der Waals surface area contributed by atoms with Gasteiger partial charge in [-0.1, -0.05) is 23.7 Å². The van der Waals surface area contributed by atoms with Gasteiger partial charge in [-0.25, -0.2) is 4.79 Å². The molecular weight excluding hydrogens is 427 g/mol. The summed E-state index contributed by atoms with van der Waals surface area (Å²) in [5.74, 6) is -2.44. The maximum atomic E-state index is 12.5. The minimum atomic E-state index is -4.91. The van der Waals surface area contributed by atoms with Crippen LogP contribution in [0.4, 0.5) is 23.7 Å². The number of halogens is 4. The number of aromatic nitrogens is 2. The summed E-state index contributed by atoms with van der Waals surface area (Å²) in [5, 5.41) is 9.47. The maximum Gasteiger partial charge on any atom is 0.471 e. The summed E-state index contributed by atoms with van der Waals surface area (Å²) in [4.78, 5) is 36.5. The summed E-state index contributed by atoms with van der Waals surface area (Å²) < 4.78 is 38.4. The predicted molar refractivity (Wildman–Crippen MR) is 101 cm³/mol. The molecule has 3 rings (SSSR count). The van der Waals surface area contributed by atoms with Gasteiger partial charge in [0, 0.05) is 25.3 Å². The Kier molecular flexibility index (Phi) is 6.30. The van der Waals surface area contributed by atoms with Crippen molar-refractivity contribution >= 4 is 35.1 Å². The number of rotatable bonds is 3. The number of carbonyl (C=O) groups is 3. The molecule has 1 saturated heterocycles. The Hall–Kier alpha value is -3.08. The summed E-state index contributed by atoms with van der Waals surface area (Å²) in [6, 6.07) is 6.92. The van der Waals surface area contributed by atoms with Crippen molar-refractivity contribution in [2.75, 3.05) is 18.4 Å². The molecule has 0 unspecified atom stereocenters. The minimum absolute atomic E-state index is 0.0179. The monoisotopic (exact) mass is 443 g/mol. The summed E-state index contributed by atoms with van der Waals surface area (Å²) in [6.45, 7) is -0.234. The number of nitrogens with one attached hydrogen (secondary N) is 2. The lowest BCUT2D eigenvalue weighted by molar-refractivity contribution is -0.186. The predicted octanol–water partition coefficient (Wildman–Crippen LogP) is 2.90. The number of piperidine rings is 1. The van der Waals surface area contributed by atoms with E-state index in [-0.39, 0.29) is 31.6 Å². The van der Waals surface area contributed by atoms with Crippen LogP contribution in [0.1, 0.15) is 23.3 Å². The molecule has 1 fully saturated rings. The van der Waals surface area contributed by atoms with Crippen LogP contribution in [0.15, 0.2) is 36.5 Å². The second-order valence-corrected chi connectivity index (χ2v) is 7.00. The summed E-state index contributed by atoms with van der Waals surface area (Å²) in [6.07, 6.45) is -3.27. The molecule has 0 atom stereocenters. The normalized spacial score (nSPS) is 15.0. The van der Waals surface area contributed by atoms with Crippen LogP contribution < -0.4 is 10.6 Å². The van der Waals surface area contributed by atoms with E-state index < -0.39 is 30.1 Å². The number of benzene rings is 1. The maximum absolute atomic E-state index is 12.5. The summed E-state index contributed by atoms with van der Waals surface area (Å²) in [5.41, 5.74) is 0.374. The van der Waals surface area contributed by atoms with Gasteiger partial charge in [-0.2, -0.15) is 23.0 Å². The third-order valence-corrected chi connectivity index (χ3v) is 4.83. The summed E-state index contributed by atoms with van der Waals surface area (Å²) >= 11 is 5.98. The van der Waals surface area contributed by atoms with Crippen LogP contribution in [0.2, 0.25) is 5.02 Å². The van der Waals surface area contributed by atoms with Crippen molar-refractivity contribution in [2.45, 2.75) is 25.1 Å². The Balaban J connectivity index is 1.54. The van der Waals surface area contributed by atoms with Crippen molar-refractivity contribution in [3.8, 4) is 0 Å². The van der Waals surface area contributed by atoms with Crippen molar-refractivity contribution in [3.63, 3.8) is 0 Å². The van der Waals surface area contributed by atoms with Gasteiger partial charge < -0.3 is 15.5 Å². The van der Waals surface area contributed by atoms with Gasteiger partial charge in [0.15, 0.2) is 5.69 Å². The van der Waals surface area contributed by atoms with E-state index in [1.807, 2.05) is 0 Å². The number of carbonyl (C=O) groups excluding carboxylic acids is 3. The number of anilines is 1. The first-order valence-corrected chi connectivity index (χ1v) is 9.31. The molecule has 2 N–H and O–H groups in total. The Labute approximate surface area is 174 Å². The fourth-order valence-corrected chi connectivity index (χ4v) is 3.14. The molecule has 1 aliphatic heterocycles. The molecule has 0 aliphatic carbocycles. The quantitative estimate of drug-likeness (QED) is 0.762. The van der Waals surface area contributed by atoms with E-state index in [0.29, 0.717) is 15.6 Å². The molecule has 1 aromatic heterocycles. The van der Waals surface area contributed by atoms with Crippen molar-refractivity contribution in [3.05, 3.63) is 47.2 Å². The molecule has 2 aromatic rings. The van der Waals surface area contributed by atoms with Crippen LogP contribution in [0, 0.1) is 0 Å². The van der Waals surface area contributed by atoms with E-state index in [4.69, 9.17) is 11.6 Å². The van der Waals surface area contributed by atoms with E-state index in [1.54, 1.807) is 24.3 Å². The van der Waals surface area contributed by atoms with Gasteiger partial charge in [0.2, 0.25) is 0 Å². The zero-order chi connectivity index (χ0) is 21.9. The Morgan fingerprint density at radius 3 is 2.40 bits per heavy atom. The van der Waals surface area contributed by atoms with E-state index >= 15 is 0 Å². The molecule has 30 heavy (non-hydrogen) atoms. The number of alkyl halides is 3. The third-order valence-electron chi connectivity index (χ3n) is 4.50. The first-order valence-electron chi connectivity index (χ1n) is 8.93. The lowest BCUT2D eigenvalue weighted by Crippen LogP contribution is -2.50. The number of likely N-dealkylation sites (tertiary alicyclic amines) is 1. The Morgan fingerprint density at radius 1 is 1.10 bits per heavy atom. The molecule has 2 heterocycles. The smallest absolute Gasteiger partial charge is 0.335 e. The van der Waals surface area contributed by atoms with Gasteiger partial charge in [-0.15, -0.1) is 0 Å². The van der Waals surface area contributed by atoms with Crippen LogP contribution in [0.5, 0.6) is 0 Å². The van der Waals surface area contributed by atoms with Gasteiger partial charge in [0.25, 0.3) is 5.91 Å². The molecule has 0 saturated carbocycles.